The highest BCUT2D eigenvalue weighted by Crippen LogP contribution is 2.30. The molecule has 4 rings (SSSR count). The smallest absolute Gasteiger partial charge is 0.194 e. The minimum Gasteiger partial charge on any atom is -0.289 e. The summed E-state index contributed by atoms with van der Waals surface area (Å²) in [6.07, 6.45) is 0. The summed E-state index contributed by atoms with van der Waals surface area (Å²) >= 11 is 0. The van der Waals surface area contributed by atoms with Gasteiger partial charge in [-0.1, -0.05) is 72.8 Å². The number of benzene rings is 4. The zero-order valence-electron chi connectivity index (χ0n) is 14.9. The van der Waals surface area contributed by atoms with Crippen LogP contribution in [0, 0.1) is 11.6 Å². The number of ketones is 1. The molecule has 0 spiro atoms. The fourth-order valence-electron chi connectivity index (χ4n) is 3.27. The fraction of sp³-hybridized carbons (Fsp3) is 0. The van der Waals surface area contributed by atoms with Crippen molar-refractivity contribution in [2.24, 2.45) is 0 Å². The van der Waals surface area contributed by atoms with E-state index in [9.17, 15) is 13.6 Å². The first kappa shape index (κ1) is 17.8. The zero-order chi connectivity index (χ0) is 19.5. The summed E-state index contributed by atoms with van der Waals surface area (Å²) in [4.78, 5) is 13.4. The van der Waals surface area contributed by atoms with Crippen molar-refractivity contribution in [1.29, 1.82) is 0 Å². The van der Waals surface area contributed by atoms with E-state index in [0.717, 1.165) is 22.3 Å². The number of carbonyl (C=O) groups is 1. The molecule has 0 aliphatic rings. The molecule has 0 N–H and O–H groups in total. The lowest BCUT2D eigenvalue weighted by Crippen LogP contribution is -2.05. The summed E-state index contributed by atoms with van der Waals surface area (Å²) in [6, 6.07) is 26.7. The Labute approximate surface area is 161 Å². The van der Waals surface area contributed by atoms with Crippen molar-refractivity contribution in [3.63, 3.8) is 0 Å². The van der Waals surface area contributed by atoms with Crippen LogP contribution in [0.2, 0.25) is 0 Å². The van der Waals surface area contributed by atoms with Gasteiger partial charge in [-0.05, 0) is 46.5 Å². The molecule has 136 valence electrons. The van der Waals surface area contributed by atoms with E-state index in [-0.39, 0.29) is 17.4 Å². The SMILES string of the molecule is O=C(c1ccccc1-c1ccc(F)cc1)c1ccccc1-c1ccc(F)cc1. The quantitative estimate of drug-likeness (QED) is 0.373. The van der Waals surface area contributed by atoms with Crippen LogP contribution in [0.1, 0.15) is 15.9 Å². The van der Waals surface area contributed by atoms with E-state index in [1.165, 1.54) is 24.3 Å². The Kier molecular flexibility index (Phi) is 4.81. The van der Waals surface area contributed by atoms with Crippen LogP contribution in [0.5, 0.6) is 0 Å². The average molecular weight is 370 g/mol. The van der Waals surface area contributed by atoms with Crippen LogP contribution in [0.25, 0.3) is 22.3 Å². The van der Waals surface area contributed by atoms with Crippen molar-refractivity contribution in [3.05, 3.63) is 120 Å². The number of carbonyl (C=O) groups excluding carboxylic acids is 1. The standard InChI is InChI=1S/C25H16F2O/c26-19-13-9-17(10-14-19)21-5-1-3-7-23(21)25(28)24-8-4-2-6-22(24)18-11-15-20(27)16-12-18/h1-16H. The second-order valence-corrected chi connectivity index (χ2v) is 6.43. The van der Waals surface area contributed by atoms with Crippen LogP contribution in [0.15, 0.2) is 97.1 Å². The third-order valence-electron chi connectivity index (χ3n) is 4.65. The van der Waals surface area contributed by atoms with Crippen molar-refractivity contribution in [2.75, 3.05) is 0 Å². The molecule has 0 atom stereocenters. The van der Waals surface area contributed by atoms with Gasteiger partial charge in [0.1, 0.15) is 11.6 Å². The third kappa shape index (κ3) is 3.47. The lowest BCUT2D eigenvalue weighted by molar-refractivity contribution is 0.104. The van der Waals surface area contributed by atoms with Gasteiger partial charge in [0, 0.05) is 11.1 Å². The van der Waals surface area contributed by atoms with Crippen LogP contribution in [0.3, 0.4) is 0 Å². The van der Waals surface area contributed by atoms with Gasteiger partial charge in [-0.25, -0.2) is 8.78 Å². The molecule has 0 saturated carbocycles. The molecule has 4 aromatic carbocycles. The number of halogens is 2. The van der Waals surface area contributed by atoms with Gasteiger partial charge in [-0.3, -0.25) is 4.79 Å². The molecular formula is C25H16F2O. The molecule has 0 aliphatic heterocycles. The molecule has 1 nitrogen and oxygen atoms in total. The number of hydrogen-bond acceptors (Lipinski definition) is 1. The first-order chi connectivity index (χ1) is 13.6. The maximum absolute atomic E-state index is 13.4. The normalized spacial score (nSPS) is 10.6. The summed E-state index contributed by atoms with van der Waals surface area (Å²) in [6.45, 7) is 0. The van der Waals surface area contributed by atoms with Crippen LogP contribution in [-0.4, -0.2) is 5.78 Å². The largest absolute Gasteiger partial charge is 0.289 e. The van der Waals surface area contributed by atoms with E-state index >= 15 is 0 Å². The monoisotopic (exact) mass is 370 g/mol. The van der Waals surface area contributed by atoms with Gasteiger partial charge in [0.15, 0.2) is 5.78 Å². The fourth-order valence-corrected chi connectivity index (χ4v) is 3.27. The summed E-state index contributed by atoms with van der Waals surface area (Å²) in [5.41, 5.74) is 4.07. The predicted molar refractivity (Wildman–Crippen MR) is 107 cm³/mol. The summed E-state index contributed by atoms with van der Waals surface area (Å²) < 4.78 is 26.6. The molecule has 4 aromatic rings. The van der Waals surface area contributed by atoms with Crippen LogP contribution >= 0.6 is 0 Å². The Balaban J connectivity index is 1.82. The van der Waals surface area contributed by atoms with Crippen LogP contribution < -0.4 is 0 Å². The predicted octanol–water partition coefficient (Wildman–Crippen LogP) is 6.53. The van der Waals surface area contributed by atoms with Gasteiger partial charge in [0.05, 0.1) is 0 Å². The van der Waals surface area contributed by atoms with E-state index in [4.69, 9.17) is 0 Å². The second-order valence-electron chi connectivity index (χ2n) is 6.43. The van der Waals surface area contributed by atoms with Gasteiger partial charge in [-0.2, -0.15) is 0 Å². The minimum absolute atomic E-state index is 0.139. The molecule has 0 radical (unpaired) electrons. The highest BCUT2D eigenvalue weighted by atomic mass is 19.1. The topological polar surface area (TPSA) is 17.1 Å². The first-order valence-corrected chi connectivity index (χ1v) is 8.88. The molecule has 28 heavy (non-hydrogen) atoms. The molecule has 0 aliphatic carbocycles. The molecular weight excluding hydrogens is 354 g/mol. The van der Waals surface area contributed by atoms with Crippen molar-refractivity contribution in [1.82, 2.24) is 0 Å². The maximum atomic E-state index is 13.4. The second kappa shape index (κ2) is 7.57. The Morgan fingerprint density at radius 1 is 0.500 bits per heavy atom. The first-order valence-electron chi connectivity index (χ1n) is 8.88. The molecule has 0 fully saturated rings. The molecule has 0 amide bonds. The Hall–Kier alpha value is -3.59. The lowest BCUT2D eigenvalue weighted by Gasteiger charge is -2.12. The van der Waals surface area contributed by atoms with Gasteiger partial charge < -0.3 is 0 Å². The Bertz CT molecular complexity index is 1040. The highest BCUT2D eigenvalue weighted by molar-refractivity contribution is 6.16. The molecule has 3 heteroatoms. The van der Waals surface area contributed by atoms with Crippen LogP contribution in [0.4, 0.5) is 8.78 Å². The van der Waals surface area contributed by atoms with Crippen molar-refractivity contribution in [3.8, 4) is 22.3 Å². The zero-order valence-corrected chi connectivity index (χ0v) is 14.9. The lowest BCUT2D eigenvalue weighted by atomic mass is 9.90. The van der Waals surface area contributed by atoms with Crippen LogP contribution in [-0.2, 0) is 0 Å². The summed E-state index contributed by atoms with van der Waals surface area (Å²) in [7, 11) is 0. The molecule has 0 bridgehead atoms. The van der Waals surface area contributed by atoms with E-state index in [1.54, 1.807) is 48.5 Å². The maximum Gasteiger partial charge on any atom is 0.194 e. The van der Waals surface area contributed by atoms with Gasteiger partial charge in [0.25, 0.3) is 0 Å². The minimum atomic E-state index is -0.325. The van der Waals surface area contributed by atoms with Crippen molar-refractivity contribution in [2.45, 2.75) is 0 Å². The third-order valence-corrected chi connectivity index (χ3v) is 4.65. The van der Waals surface area contributed by atoms with Crippen molar-refractivity contribution >= 4 is 5.78 Å². The van der Waals surface area contributed by atoms with E-state index in [2.05, 4.69) is 0 Å². The Morgan fingerprint density at radius 3 is 1.25 bits per heavy atom. The van der Waals surface area contributed by atoms with Gasteiger partial charge >= 0.3 is 0 Å². The Morgan fingerprint density at radius 2 is 0.857 bits per heavy atom. The molecule has 0 aromatic heterocycles. The van der Waals surface area contributed by atoms with Crippen molar-refractivity contribution < 1.29 is 13.6 Å². The molecule has 0 heterocycles. The van der Waals surface area contributed by atoms with E-state index in [0.29, 0.717) is 11.1 Å². The van der Waals surface area contributed by atoms with Gasteiger partial charge in [0.2, 0.25) is 0 Å². The molecule has 0 unspecified atom stereocenters. The summed E-state index contributed by atoms with van der Waals surface area (Å²) in [5, 5.41) is 0. The number of rotatable bonds is 4. The van der Waals surface area contributed by atoms with E-state index in [1.807, 2.05) is 24.3 Å². The van der Waals surface area contributed by atoms with Gasteiger partial charge in [-0.15, -0.1) is 0 Å². The van der Waals surface area contributed by atoms with E-state index < -0.39 is 0 Å². The average Bonchev–Trinajstić information content (AvgIpc) is 2.74. The summed E-state index contributed by atoms with van der Waals surface area (Å²) in [5.74, 6) is -0.789. The number of hydrogen-bond donors (Lipinski definition) is 0. The molecule has 0 saturated heterocycles. The highest BCUT2D eigenvalue weighted by Gasteiger charge is 2.18.